The molecule has 0 amide bonds. The van der Waals surface area contributed by atoms with Gasteiger partial charge in [-0.1, -0.05) is 6.07 Å². The molecule has 0 unspecified atom stereocenters. The Hall–Kier alpha value is -2.37. The molecular formula is C11H12N4O2. The van der Waals surface area contributed by atoms with Gasteiger partial charge in [-0.25, -0.2) is 4.68 Å². The van der Waals surface area contributed by atoms with E-state index in [0.717, 1.165) is 5.56 Å². The molecule has 2 rings (SSSR count). The lowest BCUT2D eigenvalue weighted by Crippen LogP contribution is -2.04. The van der Waals surface area contributed by atoms with Gasteiger partial charge >= 0.3 is 0 Å². The van der Waals surface area contributed by atoms with Crippen LogP contribution in [0.1, 0.15) is 11.1 Å². The maximum absolute atomic E-state index is 10.9. The van der Waals surface area contributed by atoms with E-state index in [-0.39, 0.29) is 5.69 Å². The summed E-state index contributed by atoms with van der Waals surface area (Å²) >= 11 is 0. The van der Waals surface area contributed by atoms with Crippen LogP contribution in [0, 0.1) is 24.0 Å². The fraction of sp³-hybridized carbons (Fsp3) is 0.182. The number of nitro groups is 1. The Morgan fingerprint density at radius 2 is 2.06 bits per heavy atom. The average Bonchev–Trinajstić information content (AvgIpc) is 2.64. The first-order chi connectivity index (χ1) is 8.00. The first kappa shape index (κ1) is 11.1. The molecule has 88 valence electrons. The van der Waals surface area contributed by atoms with Gasteiger partial charge in [-0.15, -0.1) is 0 Å². The number of nitrogens with two attached hydrogens (primary N) is 1. The zero-order valence-corrected chi connectivity index (χ0v) is 9.54. The number of hydrogen-bond donors (Lipinski definition) is 1. The smallest absolute Gasteiger partial charge is 0.274 e. The van der Waals surface area contributed by atoms with Crippen LogP contribution in [0.25, 0.3) is 5.69 Å². The van der Waals surface area contributed by atoms with E-state index in [1.54, 1.807) is 29.9 Å². The molecule has 6 nitrogen and oxygen atoms in total. The van der Waals surface area contributed by atoms with Gasteiger partial charge in [-0.2, -0.15) is 5.10 Å². The van der Waals surface area contributed by atoms with Crippen LogP contribution in [-0.2, 0) is 0 Å². The summed E-state index contributed by atoms with van der Waals surface area (Å²) in [4.78, 5) is 10.5. The number of aryl methyl sites for hydroxylation is 1. The lowest BCUT2D eigenvalue weighted by molar-refractivity contribution is -0.385. The van der Waals surface area contributed by atoms with Crippen molar-refractivity contribution in [2.24, 2.45) is 0 Å². The maximum Gasteiger partial charge on any atom is 0.274 e. The minimum absolute atomic E-state index is 0.0830. The number of nitrogen functional groups attached to an aromatic ring is 1. The molecule has 0 aliphatic rings. The number of aromatic nitrogens is 2. The number of rotatable bonds is 2. The van der Waals surface area contributed by atoms with Crippen LogP contribution >= 0.6 is 0 Å². The molecule has 0 fully saturated rings. The summed E-state index contributed by atoms with van der Waals surface area (Å²) in [6.07, 6.45) is 1.69. The highest BCUT2D eigenvalue weighted by molar-refractivity contribution is 5.57. The molecule has 2 aromatic rings. The Kier molecular flexibility index (Phi) is 2.55. The quantitative estimate of drug-likeness (QED) is 0.633. The van der Waals surface area contributed by atoms with Gasteiger partial charge in [-0.05, 0) is 19.4 Å². The average molecular weight is 232 g/mol. The van der Waals surface area contributed by atoms with Crippen LogP contribution in [0.2, 0.25) is 0 Å². The van der Waals surface area contributed by atoms with Gasteiger partial charge in [0.15, 0.2) is 0 Å². The summed E-state index contributed by atoms with van der Waals surface area (Å²) in [7, 11) is 0. The van der Waals surface area contributed by atoms with Gasteiger partial charge in [-0.3, -0.25) is 10.1 Å². The van der Waals surface area contributed by atoms with E-state index in [1.165, 1.54) is 6.07 Å². The normalized spacial score (nSPS) is 10.5. The van der Waals surface area contributed by atoms with Crippen LogP contribution in [0.15, 0.2) is 24.4 Å². The fourth-order valence-electron chi connectivity index (χ4n) is 1.84. The highest BCUT2D eigenvalue weighted by atomic mass is 16.6. The summed E-state index contributed by atoms with van der Waals surface area (Å²) < 4.78 is 1.56. The summed E-state index contributed by atoms with van der Waals surface area (Å²) in [6, 6.07) is 4.86. The largest absolute Gasteiger partial charge is 0.382 e. The van der Waals surface area contributed by atoms with Crippen molar-refractivity contribution in [3.8, 4) is 5.69 Å². The molecule has 17 heavy (non-hydrogen) atoms. The van der Waals surface area contributed by atoms with Crippen molar-refractivity contribution in [3.05, 3.63) is 45.6 Å². The van der Waals surface area contributed by atoms with E-state index in [1.807, 2.05) is 6.92 Å². The maximum atomic E-state index is 10.9. The molecule has 0 saturated heterocycles. The second kappa shape index (κ2) is 3.89. The minimum atomic E-state index is -0.398. The second-order valence-electron chi connectivity index (χ2n) is 3.82. The number of benzene rings is 1. The fourth-order valence-corrected chi connectivity index (χ4v) is 1.84. The Bertz CT molecular complexity index is 589. The van der Waals surface area contributed by atoms with E-state index in [0.29, 0.717) is 17.1 Å². The zero-order valence-electron chi connectivity index (χ0n) is 9.54. The van der Waals surface area contributed by atoms with Crippen LogP contribution in [0.4, 0.5) is 11.5 Å². The predicted molar refractivity (Wildman–Crippen MR) is 64.1 cm³/mol. The number of anilines is 1. The van der Waals surface area contributed by atoms with Crippen molar-refractivity contribution in [1.29, 1.82) is 0 Å². The molecule has 0 bridgehead atoms. The summed E-state index contributed by atoms with van der Waals surface area (Å²) in [5.41, 5.74) is 7.83. The number of nitrogens with zero attached hydrogens (tertiary/aromatic N) is 3. The van der Waals surface area contributed by atoms with E-state index in [4.69, 9.17) is 5.73 Å². The van der Waals surface area contributed by atoms with Gasteiger partial charge in [0.25, 0.3) is 5.69 Å². The molecule has 0 atom stereocenters. The van der Waals surface area contributed by atoms with Crippen molar-refractivity contribution in [1.82, 2.24) is 9.78 Å². The molecule has 1 aromatic carbocycles. The Morgan fingerprint density at radius 1 is 1.35 bits per heavy atom. The van der Waals surface area contributed by atoms with Gasteiger partial charge in [0.2, 0.25) is 0 Å². The van der Waals surface area contributed by atoms with E-state index in [9.17, 15) is 10.1 Å². The number of nitro benzene ring substituents is 1. The van der Waals surface area contributed by atoms with Crippen molar-refractivity contribution < 1.29 is 4.92 Å². The van der Waals surface area contributed by atoms with Crippen molar-refractivity contribution in [2.75, 3.05) is 5.73 Å². The Labute approximate surface area is 97.8 Å². The third-order valence-corrected chi connectivity index (χ3v) is 2.64. The first-order valence-corrected chi connectivity index (χ1v) is 5.07. The second-order valence-corrected chi connectivity index (χ2v) is 3.82. The minimum Gasteiger partial charge on any atom is -0.382 e. The third-order valence-electron chi connectivity index (χ3n) is 2.64. The van der Waals surface area contributed by atoms with E-state index < -0.39 is 4.92 Å². The van der Waals surface area contributed by atoms with Crippen LogP contribution in [-0.4, -0.2) is 14.7 Å². The monoisotopic (exact) mass is 232 g/mol. The molecule has 0 spiro atoms. The summed E-state index contributed by atoms with van der Waals surface area (Å²) in [5.74, 6) is 0.385. The van der Waals surface area contributed by atoms with Crippen molar-refractivity contribution >= 4 is 11.5 Å². The molecule has 0 aliphatic carbocycles. The van der Waals surface area contributed by atoms with Crippen LogP contribution < -0.4 is 5.73 Å². The standard InChI is InChI=1S/C11H12N4O2/c1-7-3-4-9(15(16)17)8(2)11(7)14-6-5-10(12)13-14/h3-6H,1-2H3,(H2,12,13). The van der Waals surface area contributed by atoms with Crippen molar-refractivity contribution in [2.45, 2.75) is 13.8 Å². The van der Waals surface area contributed by atoms with Crippen LogP contribution in [0.5, 0.6) is 0 Å². The first-order valence-electron chi connectivity index (χ1n) is 5.07. The third kappa shape index (κ3) is 1.84. The summed E-state index contributed by atoms with van der Waals surface area (Å²) in [5, 5.41) is 14.9. The van der Waals surface area contributed by atoms with Crippen molar-refractivity contribution in [3.63, 3.8) is 0 Å². The molecule has 2 N–H and O–H groups in total. The van der Waals surface area contributed by atoms with E-state index in [2.05, 4.69) is 5.10 Å². The molecule has 1 aromatic heterocycles. The van der Waals surface area contributed by atoms with Gasteiger partial charge in [0.05, 0.1) is 16.2 Å². The summed E-state index contributed by atoms with van der Waals surface area (Å²) in [6.45, 7) is 3.59. The SMILES string of the molecule is Cc1ccc([N+](=O)[O-])c(C)c1-n1ccc(N)n1. The lowest BCUT2D eigenvalue weighted by atomic mass is 10.1. The Balaban J connectivity index is 2.68. The number of hydrogen-bond acceptors (Lipinski definition) is 4. The lowest BCUT2D eigenvalue weighted by Gasteiger charge is -2.09. The van der Waals surface area contributed by atoms with Gasteiger partial charge in [0.1, 0.15) is 5.82 Å². The molecule has 0 radical (unpaired) electrons. The topological polar surface area (TPSA) is 87.0 Å². The Morgan fingerprint density at radius 3 is 2.59 bits per heavy atom. The molecule has 1 heterocycles. The highest BCUT2D eigenvalue weighted by Gasteiger charge is 2.17. The molecule has 0 aliphatic heterocycles. The molecule has 6 heteroatoms. The van der Waals surface area contributed by atoms with E-state index >= 15 is 0 Å². The molecular weight excluding hydrogens is 220 g/mol. The molecule has 0 saturated carbocycles. The van der Waals surface area contributed by atoms with Crippen LogP contribution in [0.3, 0.4) is 0 Å². The highest BCUT2D eigenvalue weighted by Crippen LogP contribution is 2.27. The van der Waals surface area contributed by atoms with Gasteiger partial charge < -0.3 is 5.73 Å². The van der Waals surface area contributed by atoms with Gasteiger partial charge in [0, 0.05) is 18.3 Å². The predicted octanol–water partition coefficient (Wildman–Crippen LogP) is 1.98. The zero-order chi connectivity index (χ0) is 12.6.